The van der Waals surface area contributed by atoms with E-state index in [1.807, 2.05) is 55.5 Å². The zero-order valence-electron chi connectivity index (χ0n) is 13.1. The summed E-state index contributed by atoms with van der Waals surface area (Å²) in [6.07, 6.45) is 1.65. The summed E-state index contributed by atoms with van der Waals surface area (Å²) in [6, 6.07) is 15.2. The molecule has 0 saturated carbocycles. The highest BCUT2D eigenvalue weighted by atomic mass is 32.1. The summed E-state index contributed by atoms with van der Waals surface area (Å²) in [6.45, 7) is 2.52. The maximum atomic E-state index is 5.54. The van der Waals surface area contributed by atoms with Gasteiger partial charge in [0.1, 0.15) is 11.5 Å². The van der Waals surface area contributed by atoms with Crippen molar-refractivity contribution < 1.29 is 9.47 Å². The van der Waals surface area contributed by atoms with E-state index in [9.17, 15) is 0 Å². The molecule has 0 aliphatic heterocycles. The van der Waals surface area contributed by atoms with Gasteiger partial charge in [0, 0.05) is 5.56 Å². The van der Waals surface area contributed by atoms with Crippen LogP contribution in [0.3, 0.4) is 0 Å². The van der Waals surface area contributed by atoms with E-state index < -0.39 is 0 Å². The Balaban J connectivity index is 1.96. The quantitative estimate of drug-likeness (QED) is 0.483. The highest BCUT2D eigenvalue weighted by Crippen LogP contribution is 2.23. The van der Waals surface area contributed by atoms with Gasteiger partial charge in [-0.05, 0) is 43.4 Å². The van der Waals surface area contributed by atoms with Crippen molar-refractivity contribution in [3.8, 4) is 11.5 Å². The Kier molecular flexibility index (Phi) is 6.38. The number of hydrazone groups is 1. The summed E-state index contributed by atoms with van der Waals surface area (Å²) in [7, 11) is 1.62. The smallest absolute Gasteiger partial charge is 0.191 e. The van der Waals surface area contributed by atoms with E-state index in [1.165, 1.54) is 0 Å². The van der Waals surface area contributed by atoms with Crippen LogP contribution in [-0.4, -0.2) is 25.0 Å². The van der Waals surface area contributed by atoms with Crippen LogP contribution in [0.15, 0.2) is 53.6 Å². The van der Waals surface area contributed by atoms with Gasteiger partial charge in [-0.3, -0.25) is 5.43 Å². The van der Waals surface area contributed by atoms with Gasteiger partial charge in [0.2, 0.25) is 0 Å². The molecule has 0 saturated heterocycles. The van der Waals surface area contributed by atoms with Crippen molar-refractivity contribution in [1.82, 2.24) is 5.43 Å². The Morgan fingerprint density at radius 2 is 1.83 bits per heavy atom. The van der Waals surface area contributed by atoms with Gasteiger partial charge >= 0.3 is 0 Å². The van der Waals surface area contributed by atoms with Gasteiger partial charge in [-0.1, -0.05) is 24.3 Å². The summed E-state index contributed by atoms with van der Waals surface area (Å²) in [5.74, 6) is 1.49. The first-order chi connectivity index (χ1) is 11.2. The number of hydrogen-bond acceptors (Lipinski definition) is 4. The fourth-order valence-electron chi connectivity index (χ4n) is 1.94. The molecule has 0 aliphatic rings. The third-order valence-corrected chi connectivity index (χ3v) is 3.14. The molecule has 0 bridgehead atoms. The Labute approximate surface area is 141 Å². The second-order valence-electron chi connectivity index (χ2n) is 4.50. The number of ether oxygens (including phenoxy) is 2. The van der Waals surface area contributed by atoms with Crippen molar-refractivity contribution >= 4 is 29.2 Å². The molecule has 2 rings (SSSR count). The fraction of sp³-hybridized carbons (Fsp3) is 0.176. The van der Waals surface area contributed by atoms with Crippen LogP contribution in [0.2, 0.25) is 0 Å². The summed E-state index contributed by atoms with van der Waals surface area (Å²) in [5, 5.41) is 7.56. The molecule has 2 aromatic carbocycles. The highest BCUT2D eigenvalue weighted by molar-refractivity contribution is 7.80. The molecule has 0 aromatic heterocycles. The van der Waals surface area contributed by atoms with Crippen molar-refractivity contribution in [3.05, 3.63) is 54.1 Å². The van der Waals surface area contributed by atoms with E-state index in [0.717, 1.165) is 22.7 Å². The first-order valence-corrected chi connectivity index (χ1v) is 7.60. The molecule has 0 spiro atoms. The lowest BCUT2D eigenvalue weighted by molar-refractivity contribution is 0.342. The molecular weight excluding hydrogens is 310 g/mol. The molecule has 0 unspecified atom stereocenters. The molecule has 6 heteroatoms. The van der Waals surface area contributed by atoms with Crippen LogP contribution in [-0.2, 0) is 0 Å². The molecule has 23 heavy (non-hydrogen) atoms. The zero-order chi connectivity index (χ0) is 16.5. The Bertz CT molecular complexity index is 689. The highest BCUT2D eigenvalue weighted by Gasteiger charge is 2.03. The predicted molar refractivity (Wildman–Crippen MR) is 97.6 cm³/mol. The second kappa shape index (κ2) is 8.75. The minimum absolute atomic E-state index is 0.378. The van der Waals surface area contributed by atoms with Crippen molar-refractivity contribution in [2.45, 2.75) is 6.92 Å². The lowest BCUT2D eigenvalue weighted by Crippen LogP contribution is -2.24. The Morgan fingerprint density at radius 1 is 1.13 bits per heavy atom. The molecule has 5 nitrogen and oxygen atoms in total. The number of hydrogen-bond donors (Lipinski definition) is 2. The van der Waals surface area contributed by atoms with Crippen LogP contribution in [0.25, 0.3) is 0 Å². The number of nitrogens with one attached hydrogen (secondary N) is 2. The second-order valence-corrected chi connectivity index (χ2v) is 4.90. The van der Waals surface area contributed by atoms with Crippen molar-refractivity contribution in [1.29, 1.82) is 0 Å². The lowest BCUT2D eigenvalue weighted by Gasteiger charge is -2.12. The number of benzene rings is 2. The van der Waals surface area contributed by atoms with Crippen LogP contribution >= 0.6 is 12.2 Å². The number of anilines is 1. The van der Waals surface area contributed by atoms with E-state index in [4.69, 9.17) is 21.7 Å². The normalized spacial score (nSPS) is 10.3. The molecule has 0 atom stereocenters. The molecule has 0 heterocycles. The number of methoxy groups -OCH3 is 1. The van der Waals surface area contributed by atoms with Gasteiger partial charge in [-0.2, -0.15) is 5.10 Å². The van der Waals surface area contributed by atoms with Crippen molar-refractivity contribution in [2.24, 2.45) is 5.10 Å². The van der Waals surface area contributed by atoms with E-state index in [0.29, 0.717) is 11.7 Å². The SMILES string of the molecule is CCOc1ccccc1NC(=S)N/N=C/c1ccccc1OC. The largest absolute Gasteiger partial charge is 0.496 e. The minimum Gasteiger partial charge on any atom is -0.496 e. The summed E-state index contributed by atoms with van der Waals surface area (Å²) in [5.41, 5.74) is 4.43. The molecule has 2 N–H and O–H groups in total. The number of para-hydroxylation sites is 3. The maximum Gasteiger partial charge on any atom is 0.191 e. The third kappa shape index (κ3) is 4.96. The molecule has 0 radical (unpaired) electrons. The Morgan fingerprint density at radius 3 is 2.57 bits per heavy atom. The summed E-state index contributed by atoms with van der Waals surface area (Å²) in [4.78, 5) is 0. The lowest BCUT2D eigenvalue weighted by atomic mass is 10.2. The first kappa shape index (κ1) is 16.8. The van der Waals surface area contributed by atoms with Crippen LogP contribution in [0.5, 0.6) is 11.5 Å². The van der Waals surface area contributed by atoms with Crippen LogP contribution < -0.4 is 20.2 Å². The number of rotatable bonds is 6. The average Bonchev–Trinajstić information content (AvgIpc) is 2.57. The van der Waals surface area contributed by atoms with Crippen LogP contribution in [0.1, 0.15) is 12.5 Å². The van der Waals surface area contributed by atoms with E-state index in [1.54, 1.807) is 13.3 Å². The molecule has 0 aliphatic carbocycles. The van der Waals surface area contributed by atoms with Crippen molar-refractivity contribution in [2.75, 3.05) is 19.0 Å². The summed E-state index contributed by atoms with van der Waals surface area (Å²) >= 11 is 5.23. The number of nitrogens with zero attached hydrogens (tertiary/aromatic N) is 1. The minimum atomic E-state index is 0.378. The molecular formula is C17H19N3O2S. The van der Waals surface area contributed by atoms with Crippen LogP contribution in [0, 0.1) is 0 Å². The monoisotopic (exact) mass is 329 g/mol. The van der Waals surface area contributed by atoms with E-state index in [-0.39, 0.29) is 0 Å². The zero-order valence-corrected chi connectivity index (χ0v) is 13.9. The molecule has 0 amide bonds. The maximum absolute atomic E-state index is 5.54. The average molecular weight is 329 g/mol. The first-order valence-electron chi connectivity index (χ1n) is 7.19. The predicted octanol–water partition coefficient (Wildman–Crippen LogP) is 3.41. The molecule has 0 fully saturated rings. The van der Waals surface area contributed by atoms with E-state index >= 15 is 0 Å². The van der Waals surface area contributed by atoms with Gasteiger partial charge in [0.15, 0.2) is 5.11 Å². The van der Waals surface area contributed by atoms with E-state index in [2.05, 4.69) is 15.8 Å². The number of thiocarbonyl (C=S) groups is 1. The topological polar surface area (TPSA) is 54.9 Å². The third-order valence-electron chi connectivity index (χ3n) is 2.94. The van der Waals surface area contributed by atoms with Gasteiger partial charge in [0.05, 0.1) is 25.6 Å². The molecule has 120 valence electrons. The van der Waals surface area contributed by atoms with Gasteiger partial charge in [-0.25, -0.2) is 0 Å². The Hall–Kier alpha value is -2.60. The standard InChI is InChI=1S/C17H19N3O2S/c1-3-22-16-11-7-5-9-14(16)19-17(23)20-18-12-13-8-4-6-10-15(13)21-2/h4-12H,3H2,1-2H3,(H2,19,20,23)/b18-12+. The van der Waals surface area contributed by atoms with Crippen LogP contribution in [0.4, 0.5) is 5.69 Å². The van der Waals surface area contributed by atoms with Crippen molar-refractivity contribution in [3.63, 3.8) is 0 Å². The van der Waals surface area contributed by atoms with Gasteiger partial charge in [-0.15, -0.1) is 0 Å². The molecule has 2 aromatic rings. The van der Waals surface area contributed by atoms with Gasteiger partial charge < -0.3 is 14.8 Å². The fourth-order valence-corrected chi connectivity index (χ4v) is 2.10. The van der Waals surface area contributed by atoms with Gasteiger partial charge in [0.25, 0.3) is 0 Å². The summed E-state index contributed by atoms with van der Waals surface area (Å²) < 4.78 is 10.8.